The Kier molecular flexibility index (Phi) is 4.61. The molecule has 4 nitrogen and oxygen atoms in total. The van der Waals surface area contributed by atoms with Gasteiger partial charge in [0.25, 0.3) is 5.91 Å². The van der Waals surface area contributed by atoms with E-state index in [1.54, 1.807) is 18.2 Å². The summed E-state index contributed by atoms with van der Waals surface area (Å²) in [5.41, 5.74) is 5.52. The first-order valence-corrected chi connectivity index (χ1v) is 8.18. The lowest BCUT2D eigenvalue weighted by Gasteiger charge is -2.10. The molecule has 25 heavy (non-hydrogen) atoms. The smallest absolute Gasteiger partial charge is 0.291 e. The summed E-state index contributed by atoms with van der Waals surface area (Å²) in [4.78, 5) is 12.3. The molecule has 0 saturated heterocycles. The van der Waals surface area contributed by atoms with Crippen LogP contribution in [0, 0.1) is 20.8 Å². The molecule has 128 valence electrons. The average Bonchev–Trinajstić information content (AvgIpc) is 3.02. The zero-order chi connectivity index (χ0) is 18.0. The molecule has 0 radical (unpaired) electrons. The number of hydrogen-bond donors (Lipinski definition) is 2. The second-order valence-electron chi connectivity index (χ2n) is 6.32. The minimum Gasteiger partial charge on any atom is -0.508 e. The molecule has 1 heterocycles. The zero-order valence-corrected chi connectivity index (χ0v) is 14.6. The third kappa shape index (κ3) is 3.91. The number of furan rings is 1. The predicted octanol–water partition coefficient (Wildman–Crippen LogP) is 4.75. The summed E-state index contributed by atoms with van der Waals surface area (Å²) in [5.74, 6) is 0.868. The van der Waals surface area contributed by atoms with Gasteiger partial charge in [-0.3, -0.25) is 4.79 Å². The molecule has 4 heteroatoms. The molecule has 0 saturated carbocycles. The molecule has 1 amide bonds. The van der Waals surface area contributed by atoms with E-state index >= 15 is 0 Å². The normalized spacial score (nSPS) is 10.7. The second-order valence-corrected chi connectivity index (χ2v) is 6.32. The second kappa shape index (κ2) is 6.85. The number of anilines is 1. The van der Waals surface area contributed by atoms with Crippen LogP contribution in [0.15, 0.2) is 52.9 Å². The molecule has 0 atom stereocenters. The van der Waals surface area contributed by atoms with Crippen molar-refractivity contribution < 1.29 is 14.3 Å². The summed E-state index contributed by atoms with van der Waals surface area (Å²) < 4.78 is 5.72. The quantitative estimate of drug-likeness (QED) is 0.676. The van der Waals surface area contributed by atoms with Gasteiger partial charge in [0, 0.05) is 12.1 Å². The van der Waals surface area contributed by atoms with Gasteiger partial charge in [0.2, 0.25) is 0 Å². The maximum absolute atomic E-state index is 12.3. The third-order valence-corrected chi connectivity index (χ3v) is 4.20. The van der Waals surface area contributed by atoms with Crippen molar-refractivity contribution in [2.75, 3.05) is 5.32 Å². The van der Waals surface area contributed by atoms with Crippen molar-refractivity contribution in [3.05, 3.63) is 82.3 Å². The van der Waals surface area contributed by atoms with E-state index in [2.05, 4.69) is 38.2 Å². The Morgan fingerprint density at radius 2 is 1.64 bits per heavy atom. The van der Waals surface area contributed by atoms with Gasteiger partial charge in [0.15, 0.2) is 5.76 Å². The summed E-state index contributed by atoms with van der Waals surface area (Å²) >= 11 is 0. The van der Waals surface area contributed by atoms with Crippen LogP contribution in [-0.2, 0) is 6.42 Å². The Morgan fingerprint density at radius 3 is 2.28 bits per heavy atom. The van der Waals surface area contributed by atoms with Crippen molar-refractivity contribution in [3.8, 4) is 5.75 Å². The fourth-order valence-electron chi connectivity index (χ4n) is 3.00. The number of aromatic hydroxyl groups is 1. The van der Waals surface area contributed by atoms with Gasteiger partial charge in [0.1, 0.15) is 11.5 Å². The molecule has 0 aliphatic rings. The Balaban J connectivity index is 1.74. The van der Waals surface area contributed by atoms with Gasteiger partial charge < -0.3 is 14.8 Å². The lowest BCUT2D eigenvalue weighted by Crippen LogP contribution is -2.10. The SMILES string of the molecule is Cc1cc(C)c(Cc2ccc(C(=O)Nc3ccc(O)cc3)o2)c(C)c1. The molecule has 2 aromatic carbocycles. The van der Waals surface area contributed by atoms with E-state index in [4.69, 9.17) is 4.42 Å². The molecule has 0 fully saturated rings. The van der Waals surface area contributed by atoms with Crippen LogP contribution in [0.25, 0.3) is 0 Å². The molecule has 0 bridgehead atoms. The van der Waals surface area contributed by atoms with E-state index in [1.165, 1.54) is 34.4 Å². The number of carbonyl (C=O) groups excluding carboxylic acids is 1. The minimum absolute atomic E-state index is 0.155. The lowest BCUT2D eigenvalue weighted by molar-refractivity contribution is 0.0995. The molecule has 0 aliphatic carbocycles. The summed E-state index contributed by atoms with van der Waals surface area (Å²) in [6.07, 6.45) is 0.657. The van der Waals surface area contributed by atoms with Crippen molar-refractivity contribution in [1.82, 2.24) is 0 Å². The van der Waals surface area contributed by atoms with Crippen molar-refractivity contribution in [1.29, 1.82) is 0 Å². The Labute approximate surface area is 147 Å². The molecule has 0 aliphatic heterocycles. The van der Waals surface area contributed by atoms with E-state index in [0.29, 0.717) is 12.1 Å². The number of phenolic OH excluding ortho intramolecular Hbond substituents is 1. The number of hydrogen-bond acceptors (Lipinski definition) is 3. The number of amides is 1. The first kappa shape index (κ1) is 16.8. The summed E-state index contributed by atoms with van der Waals surface area (Å²) in [5, 5.41) is 12.0. The Bertz CT molecular complexity index is 884. The van der Waals surface area contributed by atoms with Crippen molar-refractivity contribution in [2.45, 2.75) is 27.2 Å². The van der Waals surface area contributed by atoms with E-state index in [9.17, 15) is 9.90 Å². The maximum Gasteiger partial charge on any atom is 0.291 e. The van der Waals surface area contributed by atoms with Crippen LogP contribution in [0.5, 0.6) is 5.75 Å². The van der Waals surface area contributed by atoms with Crippen molar-refractivity contribution in [2.24, 2.45) is 0 Å². The highest BCUT2D eigenvalue weighted by atomic mass is 16.3. The fraction of sp³-hybridized carbons (Fsp3) is 0.190. The highest BCUT2D eigenvalue weighted by Gasteiger charge is 2.13. The minimum atomic E-state index is -0.311. The number of carbonyl (C=O) groups is 1. The molecule has 3 aromatic rings. The van der Waals surface area contributed by atoms with Crippen LogP contribution in [0.4, 0.5) is 5.69 Å². The summed E-state index contributed by atoms with van der Waals surface area (Å²) in [6, 6.07) is 14.1. The standard InChI is InChI=1S/C21H21NO3/c1-13-10-14(2)19(15(3)11-13)12-18-8-9-20(25-18)21(24)22-16-4-6-17(23)7-5-16/h4-11,23H,12H2,1-3H3,(H,22,24). The monoisotopic (exact) mass is 335 g/mol. The lowest BCUT2D eigenvalue weighted by atomic mass is 9.97. The predicted molar refractivity (Wildman–Crippen MR) is 98.2 cm³/mol. The van der Waals surface area contributed by atoms with Gasteiger partial charge in [-0.2, -0.15) is 0 Å². The topological polar surface area (TPSA) is 62.5 Å². The highest BCUT2D eigenvalue weighted by molar-refractivity contribution is 6.02. The average molecular weight is 335 g/mol. The third-order valence-electron chi connectivity index (χ3n) is 4.20. The number of phenols is 1. The highest BCUT2D eigenvalue weighted by Crippen LogP contribution is 2.22. The van der Waals surface area contributed by atoms with Gasteiger partial charge in [-0.25, -0.2) is 0 Å². The maximum atomic E-state index is 12.3. The molecule has 2 N–H and O–H groups in total. The Morgan fingerprint density at radius 1 is 1.00 bits per heavy atom. The van der Waals surface area contributed by atoms with Crippen LogP contribution in [0.3, 0.4) is 0 Å². The van der Waals surface area contributed by atoms with Gasteiger partial charge >= 0.3 is 0 Å². The molecule has 3 rings (SSSR count). The molecule has 0 unspecified atom stereocenters. The fourth-order valence-corrected chi connectivity index (χ4v) is 3.00. The van der Waals surface area contributed by atoms with Crippen LogP contribution in [-0.4, -0.2) is 11.0 Å². The van der Waals surface area contributed by atoms with Crippen molar-refractivity contribution in [3.63, 3.8) is 0 Å². The molecule has 1 aromatic heterocycles. The van der Waals surface area contributed by atoms with Crippen LogP contribution in [0.2, 0.25) is 0 Å². The van der Waals surface area contributed by atoms with Crippen LogP contribution in [0.1, 0.15) is 38.6 Å². The van der Waals surface area contributed by atoms with E-state index in [-0.39, 0.29) is 17.4 Å². The summed E-state index contributed by atoms with van der Waals surface area (Å²) in [6.45, 7) is 6.27. The van der Waals surface area contributed by atoms with Gasteiger partial charge in [-0.1, -0.05) is 17.7 Å². The van der Waals surface area contributed by atoms with E-state index in [0.717, 1.165) is 5.76 Å². The molecule has 0 spiro atoms. The van der Waals surface area contributed by atoms with Gasteiger partial charge in [-0.15, -0.1) is 0 Å². The first-order valence-electron chi connectivity index (χ1n) is 8.18. The number of benzene rings is 2. The number of aryl methyl sites for hydroxylation is 3. The molecular formula is C21H21NO3. The first-order chi connectivity index (χ1) is 11.9. The van der Waals surface area contributed by atoms with Gasteiger partial charge in [-0.05, 0) is 73.9 Å². The van der Waals surface area contributed by atoms with Crippen molar-refractivity contribution >= 4 is 11.6 Å². The summed E-state index contributed by atoms with van der Waals surface area (Å²) in [7, 11) is 0. The molecular weight excluding hydrogens is 314 g/mol. The zero-order valence-electron chi connectivity index (χ0n) is 14.6. The van der Waals surface area contributed by atoms with Crippen LogP contribution >= 0.6 is 0 Å². The Hall–Kier alpha value is -3.01. The number of rotatable bonds is 4. The van der Waals surface area contributed by atoms with E-state index < -0.39 is 0 Å². The largest absolute Gasteiger partial charge is 0.508 e. The van der Waals surface area contributed by atoms with Gasteiger partial charge in [0.05, 0.1) is 0 Å². The van der Waals surface area contributed by atoms with E-state index in [1.807, 2.05) is 6.07 Å². The number of nitrogens with one attached hydrogen (secondary N) is 1. The van der Waals surface area contributed by atoms with Crippen LogP contribution < -0.4 is 5.32 Å².